The normalized spacial score (nSPS) is 32.6. The first-order valence-electron chi connectivity index (χ1n) is 6.45. The summed E-state index contributed by atoms with van der Waals surface area (Å²) in [6.07, 6.45) is 4.89. The maximum absolute atomic E-state index is 9.60. The van der Waals surface area contributed by atoms with Gasteiger partial charge in [-0.2, -0.15) is 0 Å². The molecule has 2 aliphatic heterocycles. The SMILES string of the molecule is COCC(O)CNC1CCN2CCCCC12. The van der Waals surface area contributed by atoms with Crippen molar-refractivity contribution >= 4 is 0 Å². The van der Waals surface area contributed by atoms with Crippen LogP contribution in [0.15, 0.2) is 0 Å². The van der Waals surface area contributed by atoms with Crippen LogP contribution in [0, 0.1) is 0 Å². The summed E-state index contributed by atoms with van der Waals surface area (Å²) in [5, 5.41) is 13.1. The van der Waals surface area contributed by atoms with Crippen molar-refractivity contribution in [3.05, 3.63) is 0 Å². The molecule has 0 spiro atoms. The van der Waals surface area contributed by atoms with Gasteiger partial charge in [-0.05, 0) is 25.8 Å². The van der Waals surface area contributed by atoms with Crippen LogP contribution < -0.4 is 5.32 Å². The highest BCUT2D eigenvalue weighted by Crippen LogP contribution is 2.26. The van der Waals surface area contributed by atoms with Crippen molar-refractivity contribution in [3.8, 4) is 0 Å². The standard InChI is InChI=1S/C12H24N2O2/c1-16-9-10(15)8-13-11-5-7-14-6-3-2-4-12(11)14/h10-13,15H,2-9H2,1H3. The maximum Gasteiger partial charge on any atom is 0.0897 e. The zero-order valence-electron chi connectivity index (χ0n) is 10.2. The fourth-order valence-electron chi connectivity index (χ4n) is 3.02. The molecule has 0 radical (unpaired) electrons. The fourth-order valence-corrected chi connectivity index (χ4v) is 3.02. The van der Waals surface area contributed by atoms with Gasteiger partial charge in [0.2, 0.25) is 0 Å². The minimum absolute atomic E-state index is 0.373. The van der Waals surface area contributed by atoms with E-state index >= 15 is 0 Å². The third-order valence-corrected chi connectivity index (χ3v) is 3.83. The number of fused-ring (bicyclic) bond motifs is 1. The summed E-state index contributed by atoms with van der Waals surface area (Å²) in [4.78, 5) is 2.60. The lowest BCUT2D eigenvalue weighted by Gasteiger charge is -2.33. The van der Waals surface area contributed by atoms with E-state index in [-0.39, 0.29) is 6.10 Å². The van der Waals surface area contributed by atoms with Gasteiger partial charge in [0.15, 0.2) is 0 Å². The minimum atomic E-state index is -0.373. The van der Waals surface area contributed by atoms with Crippen LogP contribution in [0.3, 0.4) is 0 Å². The van der Waals surface area contributed by atoms with Crippen molar-refractivity contribution < 1.29 is 9.84 Å². The first-order valence-corrected chi connectivity index (χ1v) is 6.45. The maximum atomic E-state index is 9.60. The summed E-state index contributed by atoms with van der Waals surface area (Å²) in [6.45, 7) is 3.57. The highest BCUT2D eigenvalue weighted by Gasteiger charge is 2.35. The van der Waals surface area contributed by atoms with E-state index < -0.39 is 0 Å². The number of aliphatic hydroxyl groups is 1. The number of methoxy groups -OCH3 is 1. The summed E-state index contributed by atoms with van der Waals surface area (Å²) in [7, 11) is 1.63. The van der Waals surface area contributed by atoms with E-state index in [1.165, 1.54) is 38.8 Å². The lowest BCUT2D eigenvalue weighted by Crippen LogP contribution is -2.47. The molecule has 3 atom stereocenters. The Morgan fingerprint density at radius 1 is 1.38 bits per heavy atom. The van der Waals surface area contributed by atoms with Crippen LogP contribution in [-0.4, -0.2) is 61.5 Å². The van der Waals surface area contributed by atoms with Gasteiger partial charge < -0.3 is 15.2 Å². The third-order valence-electron chi connectivity index (χ3n) is 3.83. The lowest BCUT2D eigenvalue weighted by molar-refractivity contribution is 0.0608. The fraction of sp³-hybridized carbons (Fsp3) is 1.00. The Balaban J connectivity index is 1.73. The highest BCUT2D eigenvalue weighted by molar-refractivity contribution is 4.94. The predicted octanol–water partition coefficient (Wildman–Crippen LogP) is 0.210. The van der Waals surface area contributed by atoms with Gasteiger partial charge in [-0.3, -0.25) is 4.90 Å². The molecule has 0 aromatic carbocycles. The number of piperidine rings is 1. The summed E-state index contributed by atoms with van der Waals surface area (Å²) in [5.41, 5.74) is 0. The average molecular weight is 228 g/mol. The summed E-state index contributed by atoms with van der Waals surface area (Å²) >= 11 is 0. The van der Waals surface area contributed by atoms with Crippen molar-refractivity contribution in [1.29, 1.82) is 0 Å². The van der Waals surface area contributed by atoms with E-state index in [1.807, 2.05) is 0 Å². The van der Waals surface area contributed by atoms with Crippen LogP contribution in [0.1, 0.15) is 25.7 Å². The van der Waals surface area contributed by atoms with Gasteiger partial charge in [-0.15, -0.1) is 0 Å². The van der Waals surface area contributed by atoms with Gasteiger partial charge in [0, 0.05) is 32.3 Å². The zero-order chi connectivity index (χ0) is 11.4. The number of rotatable bonds is 5. The van der Waals surface area contributed by atoms with Crippen molar-refractivity contribution in [2.45, 2.75) is 43.9 Å². The Bertz CT molecular complexity index is 213. The molecule has 94 valence electrons. The second-order valence-electron chi connectivity index (χ2n) is 5.01. The van der Waals surface area contributed by atoms with Gasteiger partial charge in [-0.25, -0.2) is 0 Å². The van der Waals surface area contributed by atoms with E-state index in [4.69, 9.17) is 4.74 Å². The number of nitrogens with zero attached hydrogens (tertiary/aromatic N) is 1. The average Bonchev–Trinajstić information content (AvgIpc) is 2.70. The number of hydrogen-bond acceptors (Lipinski definition) is 4. The molecule has 2 heterocycles. The molecule has 0 aromatic heterocycles. The number of aliphatic hydroxyl groups excluding tert-OH is 1. The van der Waals surface area contributed by atoms with Crippen molar-refractivity contribution in [3.63, 3.8) is 0 Å². The van der Waals surface area contributed by atoms with Crippen LogP contribution in [-0.2, 0) is 4.74 Å². The molecule has 3 unspecified atom stereocenters. The molecule has 0 amide bonds. The molecule has 4 heteroatoms. The molecule has 0 aromatic rings. The largest absolute Gasteiger partial charge is 0.389 e. The summed E-state index contributed by atoms with van der Waals surface area (Å²) in [5.74, 6) is 0. The molecular formula is C12H24N2O2. The summed E-state index contributed by atoms with van der Waals surface area (Å²) in [6, 6.07) is 1.29. The van der Waals surface area contributed by atoms with E-state index in [1.54, 1.807) is 7.11 Å². The Kier molecular flexibility index (Phi) is 4.58. The molecule has 0 saturated carbocycles. The first kappa shape index (κ1) is 12.3. The molecule has 2 N–H and O–H groups in total. The van der Waals surface area contributed by atoms with E-state index in [2.05, 4.69) is 10.2 Å². The van der Waals surface area contributed by atoms with Gasteiger partial charge in [0.05, 0.1) is 12.7 Å². The minimum Gasteiger partial charge on any atom is -0.389 e. The Morgan fingerprint density at radius 3 is 3.06 bits per heavy atom. The van der Waals surface area contributed by atoms with Gasteiger partial charge in [0.1, 0.15) is 0 Å². The van der Waals surface area contributed by atoms with Crippen molar-refractivity contribution in [2.24, 2.45) is 0 Å². The molecule has 4 nitrogen and oxygen atoms in total. The highest BCUT2D eigenvalue weighted by atomic mass is 16.5. The van der Waals surface area contributed by atoms with E-state index in [9.17, 15) is 5.11 Å². The monoisotopic (exact) mass is 228 g/mol. The van der Waals surface area contributed by atoms with Crippen LogP contribution in [0.4, 0.5) is 0 Å². The topological polar surface area (TPSA) is 44.7 Å². The van der Waals surface area contributed by atoms with Gasteiger partial charge in [0.25, 0.3) is 0 Å². The van der Waals surface area contributed by atoms with Gasteiger partial charge >= 0.3 is 0 Å². The summed E-state index contributed by atoms with van der Waals surface area (Å²) < 4.78 is 4.93. The molecule has 0 aliphatic carbocycles. The number of nitrogens with one attached hydrogen (secondary N) is 1. The van der Waals surface area contributed by atoms with E-state index in [0.717, 1.165) is 0 Å². The third kappa shape index (κ3) is 2.94. The van der Waals surface area contributed by atoms with E-state index in [0.29, 0.717) is 25.2 Å². The van der Waals surface area contributed by atoms with Crippen LogP contribution in [0.2, 0.25) is 0 Å². The quantitative estimate of drug-likeness (QED) is 0.706. The lowest BCUT2D eigenvalue weighted by atomic mass is 9.99. The molecule has 2 saturated heterocycles. The Morgan fingerprint density at radius 2 is 2.25 bits per heavy atom. The van der Waals surface area contributed by atoms with Crippen molar-refractivity contribution in [2.75, 3.05) is 33.4 Å². The Hall–Kier alpha value is -0.160. The molecule has 2 rings (SSSR count). The molecule has 16 heavy (non-hydrogen) atoms. The zero-order valence-corrected chi connectivity index (χ0v) is 10.2. The second kappa shape index (κ2) is 5.96. The van der Waals surface area contributed by atoms with Crippen LogP contribution >= 0.6 is 0 Å². The van der Waals surface area contributed by atoms with Crippen LogP contribution in [0.5, 0.6) is 0 Å². The Labute approximate surface area is 98.0 Å². The molecule has 2 aliphatic rings. The number of ether oxygens (including phenoxy) is 1. The number of hydrogen-bond donors (Lipinski definition) is 2. The second-order valence-corrected chi connectivity index (χ2v) is 5.01. The first-order chi connectivity index (χ1) is 7.81. The molecule has 0 bridgehead atoms. The molecular weight excluding hydrogens is 204 g/mol. The predicted molar refractivity (Wildman–Crippen MR) is 63.5 cm³/mol. The van der Waals surface area contributed by atoms with Crippen molar-refractivity contribution in [1.82, 2.24) is 10.2 Å². The van der Waals surface area contributed by atoms with Gasteiger partial charge in [-0.1, -0.05) is 6.42 Å². The molecule has 2 fully saturated rings. The smallest absolute Gasteiger partial charge is 0.0897 e. The van der Waals surface area contributed by atoms with Crippen LogP contribution in [0.25, 0.3) is 0 Å².